The Bertz CT molecular complexity index is 850. The largest absolute Gasteiger partial charge is 0.398 e. The summed E-state index contributed by atoms with van der Waals surface area (Å²) in [6, 6.07) is 7.42. The molecule has 1 aromatic carbocycles. The van der Waals surface area contributed by atoms with Crippen molar-refractivity contribution in [3.8, 4) is 0 Å². The monoisotopic (exact) mass is 332 g/mol. The van der Waals surface area contributed by atoms with Gasteiger partial charge >= 0.3 is 0 Å². The predicted octanol–water partition coefficient (Wildman–Crippen LogP) is 2.20. The minimum Gasteiger partial charge on any atom is -0.398 e. The predicted molar refractivity (Wildman–Crippen MR) is 81.8 cm³/mol. The van der Waals surface area contributed by atoms with Crippen molar-refractivity contribution in [2.24, 2.45) is 0 Å². The third-order valence-corrected chi connectivity index (χ3v) is 4.14. The highest BCUT2D eigenvalue weighted by atomic mass is 79.9. The molecule has 6 heteroatoms. The summed E-state index contributed by atoms with van der Waals surface area (Å²) < 4.78 is 4.08. The molecule has 0 aliphatic heterocycles. The molecule has 3 aromatic rings. The molecule has 0 saturated carbocycles. The van der Waals surface area contributed by atoms with Crippen molar-refractivity contribution in [2.75, 3.05) is 5.73 Å². The van der Waals surface area contributed by atoms with Crippen molar-refractivity contribution in [3.63, 3.8) is 0 Å². The zero-order valence-corrected chi connectivity index (χ0v) is 12.5. The third kappa shape index (κ3) is 2.12. The van der Waals surface area contributed by atoms with Gasteiger partial charge < -0.3 is 10.3 Å². The molecule has 2 N–H and O–H groups in total. The van der Waals surface area contributed by atoms with Crippen molar-refractivity contribution in [1.82, 2.24) is 14.2 Å². The minimum atomic E-state index is -0.0672. The summed E-state index contributed by atoms with van der Waals surface area (Å²) in [7, 11) is 0. The fourth-order valence-electron chi connectivity index (χ4n) is 2.18. The topological polar surface area (TPSA) is 65.3 Å². The van der Waals surface area contributed by atoms with Crippen molar-refractivity contribution in [1.29, 1.82) is 0 Å². The molecule has 0 aliphatic carbocycles. The van der Waals surface area contributed by atoms with Gasteiger partial charge in [0.2, 0.25) is 0 Å². The van der Waals surface area contributed by atoms with Crippen LogP contribution in [-0.4, -0.2) is 14.2 Å². The van der Waals surface area contributed by atoms with Crippen LogP contribution in [0.25, 0.3) is 5.52 Å². The second kappa shape index (κ2) is 4.79. The van der Waals surface area contributed by atoms with E-state index >= 15 is 0 Å². The molecule has 2 heterocycles. The zero-order chi connectivity index (χ0) is 14.3. The highest BCUT2D eigenvalue weighted by Gasteiger charge is 2.08. The van der Waals surface area contributed by atoms with Crippen LogP contribution in [0.2, 0.25) is 0 Å². The van der Waals surface area contributed by atoms with E-state index in [2.05, 4.69) is 21.0 Å². The number of hydrogen-bond acceptors (Lipinski definition) is 3. The number of benzene rings is 1. The van der Waals surface area contributed by atoms with Gasteiger partial charge in [-0.05, 0) is 40.5 Å². The molecule has 102 valence electrons. The molecular formula is C14H13BrN4O. The van der Waals surface area contributed by atoms with Crippen LogP contribution in [-0.2, 0) is 6.54 Å². The molecule has 0 amide bonds. The van der Waals surface area contributed by atoms with Gasteiger partial charge in [0.05, 0.1) is 12.2 Å². The Morgan fingerprint density at radius 1 is 1.35 bits per heavy atom. The Labute approximate surface area is 123 Å². The van der Waals surface area contributed by atoms with E-state index in [1.54, 1.807) is 27.5 Å². The number of nitrogen functional groups attached to an aromatic ring is 1. The molecule has 0 unspecified atom stereocenters. The second-order valence-corrected chi connectivity index (χ2v) is 5.46. The number of aromatic nitrogens is 3. The lowest BCUT2D eigenvalue weighted by atomic mass is 10.2. The second-order valence-electron chi connectivity index (χ2n) is 4.67. The summed E-state index contributed by atoms with van der Waals surface area (Å²) in [6.45, 7) is 2.33. The van der Waals surface area contributed by atoms with Crippen molar-refractivity contribution < 1.29 is 0 Å². The number of rotatable bonds is 2. The van der Waals surface area contributed by atoms with Crippen LogP contribution in [0.5, 0.6) is 0 Å². The van der Waals surface area contributed by atoms with Gasteiger partial charge in [0, 0.05) is 22.6 Å². The summed E-state index contributed by atoms with van der Waals surface area (Å²) in [5.41, 5.74) is 8.82. The molecule has 20 heavy (non-hydrogen) atoms. The van der Waals surface area contributed by atoms with E-state index in [9.17, 15) is 4.79 Å². The third-order valence-electron chi connectivity index (χ3n) is 3.17. The molecular weight excluding hydrogens is 320 g/mol. The molecule has 0 radical (unpaired) electrons. The number of anilines is 1. The van der Waals surface area contributed by atoms with Gasteiger partial charge in [0.25, 0.3) is 5.56 Å². The first-order valence-electron chi connectivity index (χ1n) is 6.14. The van der Waals surface area contributed by atoms with Gasteiger partial charge in [-0.2, -0.15) is 5.10 Å². The molecule has 2 aromatic heterocycles. The van der Waals surface area contributed by atoms with E-state index < -0.39 is 0 Å². The van der Waals surface area contributed by atoms with Crippen LogP contribution in [0.1, 0.15) is 11.3 Å². The van der Waals surface area contributed by atoms with E-state index in [1.165, 1.54) is 0 Å². The van der Waals surface area contributed by atoms with Crippen LogP contribution in [0.4, 0.5) is 5.69 Å². The quantitative estimate of drug-likeness (QED) is 0.731. The summed E-state index contributed by atoms with van der Waals surface area (Å²) in [4.78, 5) is 12.4. The van der Waals surface area contributed by atoms with Gasteiger partial charge in [0.15, 0.2) is 0 Å². The Morgan fingerprint density at radius 3 is 2.95 bits per heavy atom. The maximum absolute atomic E-state index is 12.4. The molecule has 3 rings (SSSR count). The average Bonchev–Trinajstić information content (AvgIpc) is 2.80. The van der Waals surface area contributed by atoms with Crippen LogP contribution in [0, 0.1) is 6.92 Å². The number of nitrogens with zero attached hydrogens (tertiary/aromatic N) is 3. The lowest BCUT2D eigenvalue weighted by Crippen LogP contribution is -2.22. The summed E-state index contributed by atoms with van der Waals surface area (Å²) in [6.07, 6.45) is 3.52. The number of fused-ring (bicyclic) bond motifs is 1. The van der Waals surface area contributed by atoms with Gasteiger partial charge in [0.1, 0.15) is 5.52 Å². The minimum absolute atomic E-state index is 0.0672. The highest BCUT2D eigenvalue weighted by Crippen LogP contribution is 2.24. The van der Waals surface area contributed by atoms with E-state index in [0.717, 1.165) is 15.7 Å². The Balaban J connectivity index is 2.09. The normalized spacial score (nSPS) is 11.1. The van der Waals surface area contributed by atoms with Crippen LogP contribution < -0.4 is 11.3 Å². The lowest BCUT2D eigenvalue weighted by Gasteiger charge is -2.09. The van der Waals surface area contributed by atoms with Gasteiger partial charge in [-0.25, -0.2) is 4.52 Å². The smallest absolute Gasteiger partial charge is 0.276 e. The molecule has 0 saturated heterocycles. The van der Waals surface area contributed by atoms with E-state index in [1.807, 2.05) is 25.1 Å². The Morgan fingerprint density at radius 2 is 2.15 bits per heavy atom. The van der Waals surface area contributed by atoms with Crippen LogP contribution in [0.15, 0.2) is 45.9 Å². The average molecular weight is 333 g/mol. The first kappa shape index (κ1) is 12.9. The van der Waals surface area contributed by atoms with Crippen LogP contribution >= 0.6 is 15.9 Å². The lowest BCUT2D eigenvalue weighted by molar-refractivity contribution is 0.740. The highest BCUT2D eigenvalue weighted by molar-refractivity contribution is 9.10. The van der Waals surface area contributed by atoms with E-state index in [-0.39, 0.29) is 5.56 Å². The van der Waals surface area contributed by atoms with Crippen molar-refractivity contribution >= 4 is 27.1 Å². The van der Waals surface area contributed by atoms with Crippen molar-refractivity contribution in [3.05, 3.63) is 62.7 Å². The number of aryl methyl sites for hydroxylation is 1. The summed E-state index contributed by atoms with van der Waals surface area (Å²) in [5, 5.41) is 4.23. The molecule has 5 nitrogen and oxygen atoms in total. The summed E-state index contributed by atoms with van der Waals surface area (Å²) in [5.74, 6) is 0. The maximum Gasteiger partial charge on any atom is 0.276 e. The SMILES string of the molecule is Cc1cc2c(=O)n(Cc3cccc(N)c3Br)ccn2n1. The van der Waals surface area contributed by atoms with Gasteiger partial charge in [-0.1, -0.05) is 12.1 Å². The molecule has 0 aliphatic rings. The maximum atomic E-state index is 12.4. The van der Waals surface area contributed by atoms with E-state index in [0.29, 0.717) is 17.7 Å². The molecule has 0 fully saturated rings. The van der Waals surface area contributed by atoms with E-state index in [4.69, 9.17) is 5.73 Å². The zero-order valence-electron chi connectivity index (χ0n) is 10.9. The van der Waals surface area contributed by atoms with Gasteiger partial charge in [-0.15, -0.1) is 0 Å². The number of halogens is 1. The number of hydrogen-bond donors (Lipinski definition) is 1. The molecule has 0 bridgehead atoms. The van der Waals surface area contributed by atoms with Crippen molar-refractivity contribution in [2.45, 2.75) is 13.5 Å². The standard InChI is InChI=1S/C14H13BrN4O/c1-9-7-12-14(20)18(5-6-19(12)17-9)8-10-3-2-4-11(16)13(10)15/h2-7H,8,16H2,1H3. The fourth-order valence-corrected chi connectivity index (χ4v) is 2.57. The first-order chi connectivity index (χ1) is 9.56. The fraction of sp³-hybridized carbons (Fsp3) is 0.143. The molecule has 0 atom stereocenters. The Hall–Kier alpha value is -2.08. The first-order valence-corrected chi connectivity index (χ1v) is 6.94. The van der Waals surface area contributed by atoms with Crippen LogP contribution in [0.3, 0.4) is 0 Å². The molecule has 0 spiro atoms. The number of nitrogens with two attached hydrogens (primary N) is 1. The Kier molecular flexibility index (Phi) is 3.10. The van der Waals surface area contributed by atoms with Gasteiger partial charge in [-0.3, -0.25) is 4.79 Å². The summed E-state index contributed by atoms with van der Waals surface area (Å²) >= 11 is 3.46.